The number of carbonyl (C=O) groups excluding carboxylic acids is 4. The van der Waals surface area contributed by atoms with Gasteiger partial charge in [0, 0.05) is 195 Å². The molecule has 132 heavy (non-hydrogen) atoms. The summed E-state index contributed by atoms with van der Waals surface area (Å²) < 4.78 is 41.1. The molecule has 0 atom stereocenters. The molecule has 4 aliphatic heterocycles. The molecule has 20 rings (SSSR count). The van der Waals surface area contributed by atoms with E-state index in [9.17, 15) is 28.0 Å². The molecule has 14 heterocycles. The molecular weight excluding hydrogens is 1680 g/mol. The molecule has 31 nitrogen and oxygen atoms in total. The highest BCUT2D eigenvalue weighted by Crippen LogP contribution is 2.38. The van der Waals surface area contributed by atoms with E-state index in [2.05, 4.69) is 166 Å². The number of hydrogen-bond donors (Lipinski definition) is 6. The molecule has 10 aromatic heterocycles. The molecule has 6 N–H and O–H groups in total. The normalized spacial score (nSPS) is 14.1. The summed E-state index contributed by atoms with van der Waals surface area (Å²) in [4.78, 5) is 125. The van der Waals surface area contributed by atoms with Crippen LogP contribution in [0, 0.1) is 6.92 Å². The number of halogens is 2. The number of aryl methyl sites for hydroxylation is 1. The third kappa shape index (κ3) is 21.4. The first-order valence-electron chi connectivity index (χ1n) is 43.9. The molecule has 0 aliphatic carbocycles. The summed E-state index contributed by atoms with van der Waals surface area (Å²) in [6.45, 7) is 16.4. The topological polar surface area (TPSA) is 338 Å². The molecule has 0 bridgehead atoms. The van der Waals surface area contributed by atoms with Gasteiger partial charge in [-0.3, -0.25) is 19.6 Å². The smallest absolute Gasteiger partial charge is 0.394 e. The zero-order valence-corrected chi connectivity index (χ0v) is 73.6. The second-order valence-corrected chi connectivity index (χ2v) is 32.2. The van der Waals surface area contributed by atoms with Gasteiger partial charge in [0.15, 0.2) is 0 Å². The van der Waals surface area contributed by atoms with E-state index in [1.165, 1.54) is 17.7 Å². The van der Waals surface area contributed by atoms with Crippen molar-refractivity contribution in [2.24, 2.45) is 0 Å². The number of ether oxygens (including phenoxy) is 3. The fourth-order valence-electron chi connectivity index (χ4n) is 16.6. The predicted molar refractivity (Wildman–Crippen MR) is 506 cm³/mol. The predicted octanol–water partition coefficient (Wildman–Crippen LogP) is 15.2. The number of piperazine rings is 4. The quantitative estimate of drug-likeness (QED) is 0.0413. The Hall–Kier alpha value is -16.0. The summed E-state index contributed by atoms with van der Waals surface area (Å²) in [6.07, 6.45) is 14.8. The number of carbonyl (C=O) groups is 4. The highest BCUT2D eigenvalue weighted by atomic mass is 19.3. The van der Waals surface area contributed by atoms with E-state index in [0.717, 1.165) is 172 Å². The Morgan fingerprint density at radius 2 is 0.818 bits per heavy atom. The maximum Gasteiger partial charge on any atom is 0.394 e. The van der Waals surface area contributed by atoms with E-state index < -0.39 is 6.11 Å². The summed E-state index contributed by atoms with van der Waals surface area (Å²) >= 11 is 0. The summed E-state index contributed by atoms with van der Waals surface area (Å²) in [5.41, 5.74) is 16.3. The minimum Gasteiger partial charge on any atom is -0.497 e. The van der Waals surface area contributed by atoms with Gasteiger partial charge in [0.2, 0.25) is 11.8 Å². The monoisotopic (exact) mass is 1770 g/mol. The summed E-state index contributed by atoms with van der Waals surface area (Å²) in [5, 5.41) is 9.93. The Kier molecular flexibility index (Phi) is 27.4. The number of anilines is 5. The van der Waals surface area contributed by atoms with Crippen LogP contribution in [-0.4, -0.2) is 238 Å². The van der Waals surface area contributed by atoms with Crippen molar-refractivity contribution in [3.05, 3.63) is 279 Å². The van der Waals surface area contributed by atoms with Crippen LogP contribution in [0.3, 0.4) is 0 Å². The van der Waals surface area contributed by atoms with Crippen molar-refractivity contribution in [2.45, 2.75) is 46.3 Å². The molecule has 16 aromatic rings. The van der Waals surface area contributed by atoms with Gasteiger partial charge < -0.3 is 84.0 Å². The number of aromatic nitrogens is 14. The van der Waals surface area contributed by atoms with Crippen molar-refractivity contribution in [2.75, 3.05) is 143 Å². The van der Waals surface area contributed by atoms with Crippen LogP contribution in [0.25, 0.3) is 88.9 Å². The number of H-pyrrole nitrogens is 4. The third-order valence-electron chi connectivity index (χ3n) is 23.5. The van der Waals surface area contributed by atoms with E-state index in [0.29, 0.717) is 105 Å². The maximum absolute atomic E-state index is 13.0. The van der Waals surface area contributed by atoms with Crippen LogP contribution < -0.4 is 44.4 Å². The second kappa shape index (κ2) is 41.0. The Bertz CT molecular complexity index is 6560. The number of nitrogens with zero attached hydrogens (tertiary/aromatic N) is 18. The zero-order chi connectivity index (χ0) is 90.9. The number of amides is 6. The highest BCUT2D eigenvalue weighted by Gasteiger charge is 2.31. The summed E-state index contributed by atoms with van der Waals surface area (Å²) in [6, 6.07) is 61.8. The fraction of sp³-hybridized carbons (Fsp3) is 0.253. The van der Waals surface area contributed by atoms with Gasteiger partial charge in [-0.2, -0.15) is 8.78 Å². The van der Waals surface area contributed by atoms with Crippen LogP contribution >= 0.6 is 0 Å². The van der Waals surface area contributed by atoms with Gasteiger partial charge in [-0.15, -0.1) is 0 Å². The lowest BCUT2D eigenvalue weighted by atomic mass is 10.1. The summed E-state index contributed by atoms with van der Waals surface area (Å²) in [7, 11) is 1.62. The Balaban J connectivity index is 0.000000123. The first kappa shape index (κ1) is 88.1. The average Bonchev–Trinajstić information content (AvgIpc) is 1.59. The number of hydrogen-bond acceptors (Lipinski definition) is 21. The standard InChI is InChI=1S/C25H24F2N6O2.C25H26N6O2.C25H26N6O.C24H24N6O2/c1-25(26,27)35-19-6-4-17(5-7-19)13-22(34)32-9-11-33(12-10-32)24-20-14-21(18-3-2-8-28-15-18)31-23(20)29-16-30-24;1-2-33-20-7-5-18(6-8-20)14-23(32)30-10-12-31(13-11-30)25-21-15-22(19-4-3-9-26-16-19)29-24(21)27-17-28-25;1-18-7-9-19(10-8-18)15-27-25(32)31-13-11-30(12-14-31)24-22-21(20-5-3-2-4-6-20)16-26-23(22)28-17-29-24;1-32-19-9-7-18(8-10-19)28-24(31)30-13-11-29(12-14-30)23-21-20(17-5-3-2-4-6-17)15-25-22(21)26-16-27-23/h2-8,14-16H,9-13H2,1H3,(H,29,30,31);3-9,15-17H,2,10-14H2,1H3,(H,27,28,29);2-10,16-17H,11-15H2,1H3,(H,27,32)(H,26,28,29);2-10,15-16H,11-14H2,1H3,(H,28,31)(H,25,26,27). The molecule has 33 heteroatoms. The van der Waals surface area contributed by atoms with Crippen molar-refractivity contribution in [3.8, 4) is 62.0 Å². The van der Waals surface area contributed by atoms with Gasteiger partial charge >= 0.3 is 18.2 Å². The number of benzene rings is 6. The maximum atomic E-state index is 13.0. The molecule has 0 spiro atoms. The van der Waals surface area contributed by atoms with Gasteiger partial charge in [-0.05, 0) is 127 Å². The number of fused-ring (bicyclic) bond motifs is 4. The molecule has 4 saturated heterocycles. The van der Waals surface area contributed by atoms with Crippen LogP contribution in [0.5, 0.6) is 17.2 Å². The van der Waals surface area contributed by atoms with E-state index in [1.807, 2.05) is 160 Å². The van der Waals surface area contributed by atoms with Crippen molar-refractivity contribution in [1.29, 1.82) is 0 Å². The molecule has 6 amide bonds. The minimum atomic E-state index is -3.24. The molecule has 672 valence electrons. The van der Waals surface area contributed by atoms with Gasteiger partial charge in [0.1, 0.15) is 88.4 Å². The van der Waals surface area contributed by atoms with Crippen LogP contribution in [-0.2, 0) is 29.0 Å². The highest BCUT2D eigenvalue weighted by molar-refractivity contribution is 6.03. The number of nitrogens with one attached hydrogen (secondary N) is 6. The second-order valence-electron chi connectivity index (χ2n) is 32.2. The first-order valence-corrected chi connectivity index (χ1v) is 43.9. The Labute approximate surface area is 760 Å². The number of rotatable bonds is 20. The van der Waals surface area contributed by atoms with Crippen molar-refractivity contribution in [3.63, 3.8) is 0 Å². The first-order chi connectivity index (χ1) is 64.5. The molecule has 6 aromatic carbocycles. The Morgan fingerprint density at radius 3 is 1.24 bits per heavy atom. The molecule has 4 fully saturated rings. The Morgan fingerprint density at radius 1 is 0.424 bits per heavy atom. The van der Waals surface area contributed by atoms with Gasteiger partial charge in [-0.25, -0.2) is 49.5 Å². The van der Waals surface area contributed by atoms with E-state index >= 15 is 0 Å². The largest absolute Gasteiger partial charge is 0.497 e. The number of pyridine rings is 2. The van der Waals surface area contributed by atoms with Crippen molar-refractivity contribution >= 4 is 97.0 Å². The number of alkyl halides is 2. The lowest BCUT2D eigenvalue weighted by molar-refractivity contribution is -0.159. The molecule has 4 aliphatic rings. The zero-order valence-electron chi connectivity index (χ0n) is 73.6. The van der Waals surface area contributed by atoms with E-state index in [1.54, 1.807) is 63.1 Å². The van der Waals surface area contributed by atoms with Crippen molar-refractivity contribution in [1.82, 2.24) is 94.7 Å². The summed E-state index contributed by atoms with van der Waals surface area (Å²) in [5.74, 6) is 5.32. The van der Waals surface area contributed by atoms with Crippen LogP contribution in [0.4, 0.5) is 47.3 Å². The molecule has 0 saturated carbocycles. The van der Waals surface area contributed by atoms with Gasteiger partial charge in [-0.1, -0.05) is 115 Å². The minimum absolute atomic E-state index is 0.00696. The fourth-order valence-corrected chi connectivity index (χ4v) is 16.6. The van der Waals surface area contributed by atoms with Crippen LogP contribution in [0.2, 0.25) is 0 Å². The number of aromatic amines is 4. The molecular formula is C99H100F2N24O7. The number of urea groups is 2. The van der Waals surface area contributed by atoms with E-state index in [-0.39, 0.29) is 36.0 Å². The average molecular weight is 1780 g/mol. The third-order valence-corrected chi connectivity index (χ3v) is 23.5. The van der Waals surface area contributed by atoms with Gasteiger partial charge in [0.05, 0.1) is 48.1 Å². The van der Waals surface area contributed by atoms with Crippen molar-refractivity contribution < 1.29 is 42.2 Å². The molecule has 0 unspecified atom stereocenters. The lowest BCUT2D eigenvalue weighted by Gasteiger charge is -2.35. The molecule has 0 radical (unpaired) electrons. The SMILES string of the molecule is CC(F)(F)Oc1ccc(CC(=O)N2CCN(c3ncnc4[nH]c(-c5cccnc5)cc34)CC2)cc1.CCOc1ccc(CC(=O)N2CCN(c3ncnc4[nH]c(-c5cccnc5)cc34)CC2)cc1.COc1ccc(NC(=O)N2CCN(c3ncnc4[nH]cc(-c5ccccc5)c34)CC2)cc1.Cc1ccc(CNC(=O)N2CCN(c3ncnc4[nH]cc(-c5ccccc5)c34)CC2)cc1. The number of methoxy groups -OCH3 is 1. The van der Waals surface area contributed by atoms with Gasteiger partial charge in [0.25, 0.3) is 0 Å². The van der Waals surface area contributed by atoms with E-state index in [4.69, 9.17) is 9.47 Å². The van der Waals surface area contributed by atoms with Crippen LogP contribution in [0.1, 0.15) is 36.1 Å². The van der Waals surface area contributed by atoms with Crippen LogP contribution in [0.15, 0.2) is 257 Å². The lowest BCUT2D eigenvalue weighted by Crippen LogP contribution is -2.52.